The number of benzene rings is 1. The Labute approximate surface area is 108 Å². The molecule has 0 aliphatic rings. The van der Waals surface area contributed by atoms with Crippen LogP contribution in [0.5, 0.6) is 0 Å². The molecule has 2 N–H and O–H groups in total. The number of H-pyrrole nitrogens is 1. The Morgan fingerprint density at radius 2 is 2.33 bits per heavy atom. The standard InChI is InChI=1S/C13H11N3OS/c17-13(16-8-12-15-5-6-18-12)10-1-2-11-9(7-10)3-4-14-11/h1-7,14H,8H2,(H,16,17). The van der Waals surface area contributed by atoms with Crippen molar-refractivity contribution in [1.29, 1.82) is 0 Å². The molecule has 5 heteroatoms. The number of carbonyl (C=O) groups is 1. The number of aromatic nitrogens is 2. The number of rotatable bonds is 3. The van der Waals surface area contributed by atoms with E-state index in [0.717, 1.165) is 15.9 Å². The van der Waals surface area contributed by atoms with E-state index >= 15 is 0 Å². The highest BCUT2D eigenvalue weighted by Crippen LogP contribution is 2.14. The average Bonchev–Trinajstić information content (AvgIpc) is 3.05. The van der Waals surface area contributed by atoms with Crippen LogP contribution in [0.3, 0.4) is 0 Å². The van der Waals surface area contributed by atoms with Crippen molar-refractivity contribution in [2.75, 3.05) is 0 Å². The summed E-state index contributed by atoms with van der Waals surface area (Å²) in [6.45, 7) is 0.474. The van der Waals surface area contributed by atoms with Crippen LogP contribution in [0, 0.1) is 0 Å². The van der Waals surface area contributed by atoms with Crippen LogP contribution in [0.1, 0.15) is 15.4 Å². The summed E-state index contributed by atoms with van der Waals surface area (Å²) < 4.78 is 0. The van der Waals surface area contributed by atoms with Gasteiger partial charge in [-0.25, -0.2) is 4.98 Å². The van der Waals surface area contributed by atoms with Gasteiger partial charge in [-0.05, 0) is 24.3 Å². The summed E-state index contributed by atoms with van der Waals surface area (Å²) in [5.41, 5.74) is 1.70. The maximum Gasteiger partial charge on any atom is 0.251 e. The molecule has 2 aromatic heterocycles. The van der Waals surface area contributed by atoms with Crippen LogP contribution < -0.4 is 5.32 Å². The van der Waals surface area contributed by atoms with Gasteiger partial charge in [-0.3, -0.25) is 4.79 Å². The molecule has 0 saturated carbocycles. The third kappa shape index (κ3) is 2.12. The van der Waals surface area contributed by atoms with Gasteiger partial charge in [0, 0.05) is 34.2 Å². The number of fused-ring (bicyclic) bond motifs is 1. The molecule has 0 unspecified atom stereocenters. The topological polar surface area (TPSA) is 57.8 Å². The van der Waals surface area contributed by atoms with E-state index in [0.29, 0.717) is 12.1 Å². The monoisotopic (exact) mass is 257 g/mol. The molecule has 0 atom stereocenters. The van der Waals surface area contributed by atoms with Crippen molar-refractivity contribution in [3.05, 3.63) is 52.6 Å². The summed E-state index contributed by atoms with van der Waals surface area (Å²) in [4.78, 5) is 19.2. The summed E-state index contributed by atoms with van der Waals surface area (Å²) in [6.07, 6.45) is 3.60. The fraction of sp³-hybridized carbons (Fsp3) is 0.0769. The van der Waals surface area contributed by atoms with Gasteiger partial charge in [0.2, 0.25) is 0 Å². The molecule has 0 fully saturated rings. The number of nitrogens with zero attached hydrogens (tertiary/aromatic N) is 1. The van der Waals surface area contributed by atoms with Gasteiger partial charge >= 0.3 is 0 Å². The highest BCUT2D eigenvalue weighted by atomic mass is 32.1. The normalized spacial score (nSPS) is 10.7. The molecule has 90 valence electrons. The van der Waals surface area contributed by atoms with Crippen LogP contribution in [0.25, 0.3) is 10.9 Å². The highest BCUT2D eigenvalue weighted by molar-refractivity contribution is 7.09. The zero-order chi connectivity index (χ0) is 12.4. The predicted octanol–water partition coefficient (Wildman–Crippen LogP) is 2.55. The minimum absolute atomic E-state index is 0.0756. The van der Waals surface area contributed by atoms with Gasteiger partial charge in [0.1, 0.15) is 5.01 Å². The zero-order valence-corrected chi connectivity index (χ0v) is 10.3. The Morgan fingerprint density at radius 3 is 3.17 bits per heavy atom. The van der Waals surface area contributed by atoms with E-state index in [1.807, 2.05) is 35.8 Å². The molecule has 18 heavy (non-hydrogen) atoms. The largest absolute Gasteiger partial charge is 0.361 e. The van der Waals surface area contributed by atoms with Crippen molar-refractivity contribution in [3.63, 3.8) is 0 Å². The second kappa shape index (κ2) is 4.62. The number of hydrogen-bond acceptors (Lipinski definition) is 3. The molecule has 2 heterocycles. The molecular weight excluding hydrogens is 246 g/mol. The highest BCUT2D eigenvalue weighted by Gasteiger charge is 2.07. The summed E-state index contributed by atoms with van der Waals surface area (Å²) in [5.74, 6) is -0.0756. The third-order valence-corrected chi connectivity index (χ3v) is 3.48. The fourth-order valence-electron chi connectivity index (χ4n) is 1.79. The predicted molar refractivity (Wildman–Crippen MR) is 71.6 cm³/mol. The van der Waals surface area contributed by atoms with E-state index in [9.17, 15) is 4.79 Å². The molecule has 3 rings (SSSR count). The van der Waals surface area contributed by atoms with Crippen molar-refractivity contribution in [2.45, 2.75) is 6.54 Å². The van der Waals surface area contributed by atoms with E-state index in [1.54, 1.807) is 6.20 Å². The number of hydrogen-bond donors (Lipinski definition) is 2. The number of nitrogens with one attached hydrogen (secondary N) is 2. The quantitative estimate of drug-likeness (QED) is 0.757. The summed E-state index contributed by atoms with van der Waals surface area (Å²) in [5, 5.41) is 6.70. The van der Waals surface area contributed by atoms with E-state index in [1.165, 1.54) is 11.3 Å². The van der Waals surface area contributed by atoms with Gasteiger partial charge in [-0.15, -0.1) is 11.3 Å². The lowest BCUT2D eigenvalue weighted by molar-refractivity contribution is 0.0951. The molecule has 1 amide bonds. The maximum atomic E-state index is 12.0. The van der Waals surface area contributed by atoms with Crippen LogP contribution in [0.15, 0.2) is 42.0 Å². The molecule has 1 aromatic carbocycles. The lowest BCUT2D eigenvalue weighted by atomic mass is 10.1. The summed E-state index contributed by atoms with van der Waals surface area (Å²) >= 11 is 1.53. The lowest BCUT2D eigenvalue weighted by Gasteiger charge is -2.03. The number of thiazole rings is 1. The van der Waals surface area contributed by atoms with Gasteiger partial charge in [-0.1, -0.05) is 0 Å². The zero-order valence-electron chi connectivity index (χ0n) is 9.51. The number of amides is 1. The summed E-state index contributed by atoms with van der Waals surface area (Å²) in [6, 6.07) is 7.56. The van der Waals surface area contributed by atoms with Crippen molar-refractivity contribution < 1.29 is 4.79 Å². The molecule has 0 saturated heterocycles. The second-order valence-corrected chi connectivity index (χ2v) is 4.87. The first-order chi connectivity index (χ1) is 8.83. The molecule has 0 aliphatic heterocycles. The van der Waals surface area contributed by atoms with Crippen LogP contribution in [0.4, 0.5) is 0 Å². The number of aromatic amines is 1. The Bertz CT molecular complexity index is 672. The molecule has 0 aliphatic carbocycles. The minimum atomic E-state index is -0.0756. The minimum Gasteiger partial charge on any atom is -0.361 e. The van der Waals surface area contributed by atoms with Crippen molar-refractivity contribution in [3.8, 4) is 0 Å². The molecule has 0 bridgehead atoms. The SMILES string of the molecule is O=C(NCc1nccs1)c1ccc2[nH]ccc2c1. The Balaban J connectivity index is 1.75. The third-order valence-electron chi connectivity index (χ3n) is 2.70. The van der Waals surface area contributed by atoms with E-state index in [2.05, 4.69) is 15.3 Å². The van der Waals surface area contributed by atoms with E-state index in [4.69, 9.17) is 0 Å². The Morgan fingerprint density at radius 1 is 1.39 bits per heavy atom. The van der Waals surface area contributed by atoms with E-state index < -0.39 is 0 Å². The van der Waals surface area contributed by atoms with Crippen molar-refractivity contribution in [2.24, 2.45) is 0 Å². The van der Waals surface area contributed by atoms with Crippen LogP contribution in [-0.4, -0.2) is 15.9 Å². The first-order valence-electron chi connectivity index (χ1n) is 5.56. The van der Waals surface area contributed by atoms with Crippen LogP contribution >= 0.6 is 11.3 Å². The van der Waals surface area contributed by atoms with Gasteiger partial charge < -0.3 is 10.3 Å². The second-order valence-electron chi connectivity index (χ2n) is 3.89. The molecule has 0 spiro atoms. The van der Waals surface area contributed by atoms with E-state index in [-0.39, 0.29) is 5.91 Å². The smallest absolute Gasteiger partial charge is 0.251 e. The van der Waals surface area contributed by atoms with Crippen LogP contribution in [-0.2, 0) is 6.54 Å². The maximum absolute atomic E-state index is 12.0. The number of carbonyl (C=O) groups excluding carboxylic acids is 1. The molecule has 3 aromatic rings. The summed E-state index contributed by atoms with van der Waals surface area (Å²) in [7, 11) is 0. The first-order valence-corrected chi connectivity index (χ1v) is 6.44. The average molecular weight is 257 g/mol. The van der Waals surface area contributed by atoms with Crippen molar-refractivity contribution in [1.82, 2.24) is 15.3 Å². The lowest BCUT2D eigenvalue weighted by Crippen LogP contribution is -2.22. The molecule has 0 radical (unpaired) electrons. The van der Waals surface area contributed by atoms with Gasteiger partial charge in [0.25, 0.3) is 5.91 Å². The van der Waals surface area contributed by atoms with Gasteiger partial charge in [0.15, 0.2) is 0 Å². The van der Waals surface area contributed by atoms with Gasteiger partial charge in [0.05, 0.1) is 6.54 Å². The Hall–Kier alpha value is -2.14. The van der Waals surface area contributed by atoms with Crippen LogP contribution in [0.2, 0.25) is 0 Å². The van der Waals surface area contributed by atoms with Gasteiger partial charge in [-0.2, -0.15) is 0 Å². The fourth-order valence-corrected chi connectivity index (χ4v) is 2.35. The molecule has 4 nitrogen and oxygen atoms in total. The van der Waals surface area contributed by atoms with Crippen molar-refractivity contribution >= 4 is 28.1 Å². The first kappa shape index (κ1) is 11.0. The molecular formula is C13H11N3OS. The Kier molecular flexibility index (Phi) is 2.82.